The fourth-order valence-electron chi connectivity index (χ4n) is 2.69. The fraction of sp³-hybridized carbons (Fsp3) is 0.529. The van der Waals surface area contributed by atoms with Gasteiger partial charge in [-0.05, 0) is 31.4 Å². The number of esters is 1. The maximum Gasteiger partial charge on any atom is 0.307 e. The van der Waals surface area contributed by atoms with Gasteiger partial charge in [-0.1, -0.05) is 26.0 Å². The predicted octanol–water partition coefficient (Wildman–Crippen LogP) is 2.81. The molecular weight excluding hydrogens is 280 g/mol. The number of ether oxygens (including phenoxy) is 1. The van der Waals surface area contributed by atoms with Crippen LogP contribution in [-0.4, -0.2) is 31.1 Å². The van der Waals surface area contributed by atoms with E-state index in [0.29, 0.717) is 19.1 Å². The summed E-state index contributed by atoms with van der Waals surface area (Å²) >= 11 is 0. The van der Waals surface area contributed by atoms with E-state index in [4.69, 9.17) is 4.74 Å². The number of nitrogens with one attached hydrogen (secondary N) is 1. The highest BCUT2D eigenvalue weighted by Gasteiger charge is 2.32. The first kappa shape index (κ1) is 16.3. The first-order chi connectivity index (χ1) is 10.5. The SMILES string of the molecule is CCOC(=O)CCN1C(=O)C(CC(C)C)Nc2ccccc21. The van der Waals surface area contributed by atoms with Crippen LogP contribution >= 0.6 is 0 Å². The summed E-state index contributed by atoms with van der Waals surface area (Å²) in [5.74, 6) is 0.169. The summed E-state index contributed by atoms with van der Waals surface area (Å²) in [5, 5.41) is 3.31. The van der Waals surface area contributed by atoms with Crippen molar-refractivity contribution < 1.29 is 14.3 Å². The number of nitrogens with zero attached hydrogens (tertiary/aromatic N) is 1. The molecule has 1 amide bonds. The minimum Gasteiger partial charge on any atom is -0.466 e. The van der Waals surface area contributed by atoms with Crippen molar-refractivity contribution in [2.75, 3.05) is 23.4 Å². The molecule has 0 bridgehead atoms. The first-order valence-corrected chi connectivity index (χ1v) is 7.85. The summed E-state index contributed by atoms with van der Waals surface area (Å²) in [6.07, 6.45) is 0.978. The van der Waals surface area contributed by atoms with E-state index in [0.717, 1.165) is 17.8 Å². The maximum atomic E-state index is 12.7. The van der Waals surface area contributed by atoms with Crippen LogP contribution < -0.4 is 10.2 Å². The second kappa shape index (κ2) is 7.29. The zero-order valence-corrected chi connectivity index (χ0v) is 13.5. The van der Waals surface area contributed by atoms with Gasteiger partial charge in [-0.3, -0.25) is 9.59 Å². The molecular formula is C17H24N2O3. The van der Waals surface area contributed by atoms with Gasteiger partial charge < -0.3 is 15.0 Å². The second-order valence-corrected chi connectivity index (χ2v) is 5.89. The van der Waals surface area contributed by atoms with Crippen LogP contribution in [0.25, 0.3) is 0 Å². The lowest BCUT2D eigenvalue weighted by atomic mass is 9.99. The molecule has 0 radical (unpaired) electrons. The average Bonchev–Trinajstić information content (AvgIpc) is 2.47. The molecule has 0 aromatic heterocycles. The minimum atomic E-state index is -0.272. The molecule has 0 fully saturated rings. The molecule has 2 rings (SSSR count). The van der Waals surface area contributed by atoms with Crippen LogP contribution in [-0.2, 0) is 14.3 Å². The van der Waals surface area contributed by atoms with Gasteiger partial charge in [0.1, 0.15) is 6.04 Å². The number of para-hydroxylation sites is 2. The molecule has 1 heterocycles. The van der Waals surface area contributed by atoms with E-state index in [-0.39, 0.29) is 24.3 Å². The van der Waals surface area contributed by atoms with Gasteiger partial charge in [-0.15, -0.1) is 0 Å². The predicted molar refractivity (Wildman–Crippen MR) is 86.9 cm³/mol. The summed E-state index contributed by atoms with van der Waals surface area (Å²) in [4.78, 5) is 26.0. The third kappa shape index (κ3) is 3.78. The Kier molecular flexibility index (Phi) is 5.41. The van der Waals surface area contributed by atoms with E-state index in [2.05, 4.69) is 19.2 Å². The van der Waals surface area contributed by atoms with Crippen molar-refractivity contribution in [3.8, 4) is 0 Å². The summed E-state index contributed by atoms with van der Waals surface area (Å²) in [6, 6.07) is 7.46. The summed E-state index contributed by atoms with van der Waals surface area (Å²) in [5.41, 5.74) is 1.77. The topological polar surface area (TPSA) is 58.6 Å². The number of hydrogen-bond donors (Lipinski definition) is 1. The second-order valence-electron chi connectivity index (χ2n) is 5.89. The van der Waals surface area contributed by atoms with Crippen molar-refractivity contribution in [3.63, 3.8) is 0 Å². The van der Waals surface area contributed by atoms with Crippen molar-refractivity contribution in [1.82, 2.24) is 0 Å². The normalized spacial score (nSPS) is 17.2. The summed E-state index contributed by atoms with van der Waals surface area (Å²) in [7, 11) is 0. The highest BCUT2D eigenvalue weighted by molar-refractivity contribution is 6.05. The number of anilines is 2. The number of carbonyl (C=O) groups excluding carboxylic acids is 2. The van der Waals surface area contributed by atoms with Crippen molar-refractivity contribution >= 4 is 23.3 Å². The Morgan fingerprint density at radius 1 is 1.36 bits per heavy atom. The Balaban J connectivity index is 2.17. The van der Waals surface area contributed by atoms with Gasteiger partial charge >= 0.3 is 5.97 Å². The Morgan fingerprint density at radius 3 is 2.77 bits per heavy atom. The Labute approximate surface area is 131 Å². The molecule has 1 N–H and O–H groups in total. The van der Waals surface area contributed by atoms with Gasteiger partial charge in [-0.25, -0.2) is 0 Å². The molecule has 1 atom stereocenters. The molecule has 22 heavy (non-hydrogen) atoms. The Hall–Kier alpha value is -2.04. The monoisotopic (exact) mass is 304 g/mol. The molecule has 1 unspecified atom stereocenters. The van der Waals surface area contributed by atoms with Crippen molar-refractivity contribution in [3.05, 3.63) is 24.3 Å². The summed E-state index contributed by atoms with van der Waals surface area (Å²) < 4.78 is 4.96. The van der Waals surface area contributed by atoms with E-state index < -0.39 is 0 Å². The van der Waals surface area contributed by atoms with Crippen LogP contribution in [0.3, 0.4) is 0 Å². The molecule has 1 aliphatic heterocycles. The molecule has 0 saturated heterocycles. The smallest absolute Gasteiger partial charge is 0.307 e. The van der Waals surface area contributed by atoms with E-state index in [1.807, 2.05) is 24.3 Å². The van der Waals surface area contributed by atoms with Crippen molar-refractivity contribution in [2.24, 2.45) is 5.92 Å². The highest BCUT2D eigenvalue weighted by atomic mass is 16.5. The van der Waals surface area contributed by atoms with Gasteiger partial charge in [0, 0.05) is 6.54 Å². The number of benzene rings is 1. The van der Waals surface area contributed by atoms with Crippen LogP contribution in [0, 0.1) is 5.92 Å². The van der Waals surface area contributed by atoms with Gasteiger partial charge in [0.25, 0.3) is 0 Å². The molecule has 0 saturated carbocycles. The molecule has 120 valence electrons. The highest BCUT2D eigenvalue weighted by Crippen LogP contribution is 2.32. The maximum absolute atomic E-state index is 12.7. The zero-order chi connectivity index (χ0) is 16.1. The first-order valence-electron chi connectivity index (χ1n) is 7.85. The van der Waals surface area contributed by atoms with E-state index in [9.17, 15) is 9.59 Å². The zero-order valence-electron chi connectivity index (χ0n) is 13.5. The quantitative estimate of drug-likeness (QED) is 0.821. The Morgan fingerprint density at radius 2 is 2.09 bits per heavy atom. The molecule has 1 aromatic rings. The van der Waals surface area contributed by atoms with Gasteiger partial charge in [-0.2, -0.15) is 0 Å². The summed E-state index contributed by atoms with van der Waals surface area (Å²) in [6.45, 7) is 6.69. The number of carbonyl (C=O) groups is 2. The molecule has 1 aromatic carbocycles. The van der Waals surface area contributed by atoms with E-state index in [1.54, 1.807) is 11.8 Å². The molecule has 5 nitrogen and oxygen atoms in total. The van der Waals surface area contributed by atoms with E-state index in [1.165, 1.54) is 0 Å². The van der Waals surface area contributed by atoms with Gasteiger partial charge in [0.15, 0.2) is 0 Å². The number of hydrogen-bond acceptors (Lipinski definition) is 4. The van der Waals surface area contributed by atoms with Crippen LogP contribution in [0.5, 0.6) is 0 Å². The Bertz CT molecular complexity index is 542. The largest absolute Gasteiger partial charge is 0.466 e. The van der Waals surface area contributed by atoms with Crippen LogP contribution in [0.4, 0.5) is 11.4 Å². The fourth-order valence-corrected chi connectivity index (χ4v) is 2.69. The third-order valence-electron chi connectivity index (χ3n) is 3.64. The molecule has 1 aliphatic rings. The lowest BCUT2D eigenvalue weighted by Gasteiger charge is -2.35. The van der Waals surface area contributed by atoms with Gasteiger partial charge in [0.05, 0.1) is 24.4 Å². The average molecular weight is 304 g/mol. The molecule has 0 aliphatic carbocycles. The van der Waals surface area contributed by atoms with Crippen LogP contribution in [0.2, 0.25) is 0 Å². The van der Waals surface area contributed by atoms with Crippen molar-refractivity contribution in [1.29, 1.82) is 0 Å². The lowest BCUT2D eigenvalue weighted by molar-refractivity contribution is -0.142. The number of fused-ring (bicyclic) bond motifs is 1. The van der Waals surface area contributed by atoms with Crippen LogP contribution in [0.15, 0.2) is 24.3 Å². The van der Waals surface area contributed by atoms with Gasteiger partial charge in [0.2, 0.25) is 5.91 Å². The molecule has 5 heteroatoms. The lowest BCUT2D eigenvalue weighted by Crippen LogP contribution is -2.48. The number of rotatable bonds is 6. The molecule has 0 spiro atoms. The standard InChI is InChI=1S/C17H24N2O3/c1-4-22-16(20)9-10-19-15-8-6-5-7-13(15)18-14(17(19)21)11-12(2)3/h5-8,12,14,18H,4,9-11H2,1-3H3. The van der Waals surface area contributed by atoms with Crippen LogP contribution in [0.1, 0.15) is 33.6 Å². The minimum absolute atomic E-state index is 0.0247. The third-order valence-corrected chi connectivity index (χ3v) is 3.64. The number of amides is 1. The van der Waals surface area contributed by atoms with Crippen molar-refractivity contribution in [2.45, 2.75) is 39.7 Å². The van der Waals surface area contributed by atoms with E-state index >= 15 is 0 Å².